The molecule has 2 bridgehead atoms. The molecule has 0 aliphatic heterocycles. The van der Waals surface area contributed by atoms with E-state index in [2.05, 4.69) is 17.2 Å². The quantitative estimate of drug-likeness (QED) is 0.827. The number of pyridine rings is 1. The molecule has 1 heterocycles. The number of nitrogens with one attached hydrogen (secondary N) is 1. The van der Waals surface area contributed by atoms with Gasteiger partial charge in [-0.05, 0) is 50.5 Å². The zero-order valence-electron chi connectivity index (χ0n) is 13.6. The Bertz CT molecular complexity index is 594. The van der Waals surface area contributed by atoms with Crippen LogP contribution in [0.3, 0.4) is 0 Å². The first-order valence-corrected chi connectivity index (χ1v) is 8.57. The second kappa shape index (κ2) is 6.29. The van der Waals surface area contributed by atoms with Crippen LogP contribution in [0.1, 0.15) is 49.4 Å². The first kappa shape index (κ1) is 16.5. The SMILES string of the molecule is CO[C@]1(C)C[C@H]2CCC[C@@H](C1)[C@@H]2Nc1cc(Cl)ncc1C(N)=O. The van der Waals surface area contributed by atoms with Gasteiger partial charge in [0.1, 0.15) is 5.15 Å². The molecular weight excluding hydrogens is 314 g/mol. The number of hydrogen-bond acceptors (Lipinski definition) is 4. The number of fused-ring (bicyclic) bond motifs is 2. The van der Waals surface area contributed by atoms with Gasteiger partial charge in [0.05, 0.1) is 16.9 Å². The van der Waals surface area contributed by atoms with Gasteiger partial charge in [0.2, 0.25) is 0 Å². The summed E-state index contributed by atoms with van der Waals surface area (Å²) in [5.41, 5.74) is 6.51. The van der Waals surface area contributed by atoms with Crippen LogP contribution in [0.5, 0.6) is 0 Å². The van der Waals surface area contributed by atoms with Crippen molar-refractivity contribution in [2.24, 2.45) is 17.6 Å². The molecule has 2 aliphatic carbocycles. The van der Waals surface area contributed by atoms with Crippen molar-refractivity contribution in [3.8, 4) is 0 Å². The molecule has 23 heavy (non-hydrogen) atoms. The smallest absolute Gasteiger partial charge is 0.252 e. The summed E-state index contributed by atoms with van der Waals surface area (Å²) >= 11 is 6.00. The van der Waals surface area contributed by atoms with Crippen molar-refractivity contribution in [1.82, 2.24) is 4.98 Å². The van der Waals surface area contributed by atoms with E-state index in [1.54, 1.807) is 13.2 Å². The lowest BCUT2D eigenvalue weighted by Crippen LogP contribution is -2.51. The van der Waals surface area contributed by atoms with Gasteiger partial charge in [-0.1, -0.05) is 18.0 Å². The average Bonchev–Trinajstić information content (AvgIpc) is 2.48. The van der Waals surface area contributed by atoms with Crippen LogP contribution in [-0.2, 0) is 4.74 Å². The molecule has 0 radical (unpaired) electrons. The van der Waals surface area contributed by atoms with Crippen molar-refractivity contribution in [2.45, 2.75) is 50.7 Å². The monoisotopic (exact) mass is 337 g/mol. The lowest BCUT2D eigenvalue weighted by molar-refractivity contribution is -0.0736. The van der Waals surface area contributed by atoms with Crippen LogP contribution < -0.4 is 11.1 Å². The van der Waals surface area contributed by atoms with Crippen molar-refractivity contribution < 1.29 is 9.53 Å². The number of nitrogens with zero attached hydrogens (tertiary/aromatic N) is 1. The van der Waals surface area contributed by atoms with Crippen molar-refractivity contribution in [1.29, 1.82) is 0 Å². The van der Waals surface area contributed by atoms with E-state index in [9.17, 15) is 4.79 Å². The van der Waals surface area contributed by atoms with Gasteiger partial charge in [0.25, 0.3) is 5.91 Å². The number of hydrogen-bond donors (Lipinski definition) is 2. The highest BCUT2D eigenvalue weighted by molar-refractivity contribution is 6.29. The minimum atomic E-state index is -0.487. The van der Waals surface area contributed by atoms with E-state index >= 15 is 0 Å². The summed E-state index contributed by atoms with van der Waals surface area (Å²) in [6.07, 6.45) is 7.12. The fraction of sp³-hybridized carbons (Fsp3) is 0.647. The van der Waals surface area contributed by atoms with Gasteiger partial charge < -0.3 is 15.8 Å². The third-order valence-electron chi connectivity index (χ3n) is 5.50. The van der Waals surface area contributed by atoms with Crippen LogP contribution in [0.2, 0.25) is 5.15 Å². The summed E-state index contributed by atoms with van der Waals surface area (Å²) in [5, 5.41) is 3.92. The Morgan fingerprint density at radius 1 is 1.43 bits per heavy atom. The molecule has 126 valence electrons. The fourth-order valence-electron chi connectivity index (χ4n) is 4.36. The second-order valence-electron chi connectivity index (χ2n) is 7.10. The molecule has 2 fully saturated rings. The largest absolute Gasteiger partial charge is 0.381 e. The molecule has 5 nitrogen and oxygen atoms in total. The van der Waals surface area contributed by atoms with Crippen LogP contribution in [0.4, 0.5) is 5.69 Å². The molecule has 3 N–H and O–H groups in total. The predicted molar refractivity (Wildman–Crippen MR) is 90.7 cm³/mol. The normalized spacial score (nSPS) is 33.3. The van der Waals surface area contributed by atoms with Gasteiger partial charge in [-0.15, -0.1) is 0 Å². The van der Waals surface area contributed by atoms with E-state index in [0.29, 0.717) is 34.3 Å². The molecule has 1 aromatic heterocycles. The van der Waals surface area contributed by atoms with E-state index in [-0.39, 0.29) is 5.60 Å². The minimum Gasteiger partial charge on any atom is -0.381 e. The van der Waals surface area contributed by atoms with E-state index in [4.69, 9.17) is 22.1 Å². The van der Waals surface area contributed by atoms with Crippen LogP contribution in [-0.4, -0.2) is 29.6 Å². The van der Waals surface area contributed by atoms with Gasteiger partial charge in [0.15, 0.2) is 0 Å². The summed E-state index contributed by atoms with van der Waals surface area (Å²) in [7, 11) is 1.80. The predicted octanol–water partition coefficient (Wildman–Crippen LogP) is 3.23. The summed E-state index contributed by atoms with van der Waals surface area (Å²) in [5.74, 6) is 0.569. The molecule has 0 saturated heterocycles. The van der Waals surface area contributed by atoms with Crippen LogP contribution >= 0.6 is 11.6 Å². The lowest BCUT2D eigenvalue weighted by Gasteiger charge is -2.50. The third kappa shape index (κ3) is 3.31. The molecule has 2 saturated carbocycles. The Morgan fingerprint density at radius 2 is 2.09 bits per heavy atom. The number of methoxy groups -OCH3 is 1. The van der Waals surface area contributed by atoms with Gasteiger partial charge in [-0.3, -0.25) is 4.79 Å². The molecule has 4 atom stereocenters. The van der Waals surface area contributed by atoms with Crippen LogP contribution in [0, 0.1) is 11.8 Å². The van der Waals surface area contributed by atoms with Crippen LogP contribution in [0.15, 0.2) is 12.3 Å². The Morgan fingerprint density at radius 3 is 2.65 bits per heavy atom. The van der Waals surface area contributed by atoms with Crippen LogP contribution in [0.25, 0.3) is 0 Å². The van der Waals surface area contributed by atoms with Gasteiger partial charge >= 0.3 is 0 Å². The highest BCUT2D eigenvalue weighted by atomic mass is 35.5. The number of nitrogens with two attached hydrogens (primary N) is 1. The number of ether oxygens (including phenoxy) is 1. The Labute approximate surface area is 141 Å². The summed E-state index contributed by atoms with van der Waals surface area (Å²) in [6.45, 7) is 2.20. The maximum atomic E-state index is 11.6. The minimum absolute atomic E-state index is 0.0453. The number of halogens is 1. The van der Waals surface area contributed by atoms with E-state index in [0.717, 1.165) is 12.8 Å². The molecule has 1 amide bonds. The van der Waals surface area contributed by atoms with Gasteiger partial charge in [0, 0.05) is 19.3 Å². The summed E-state index contributed by atoms with van der Waals surface area (Å²) in [4.78, 5) is 15.6. The molecule has 2 aliphatic rings. The second-order valence-corrected chi connectivity index (χ2v) is 7.49. The number of rotatable bonds is 4. The maximum Gasteiger partial charge on any atom is 0.252 e. The highest BCUT2D eigenvalue weighted by Crippen LogP contribution is 2.47. The van der Waals surface area contributed by atoms with Crippen molar-refractivity contribution in [3.05, 3.63) is 23.0 Å². The summed E-state index contributed by atoms with van der Waals surface area (Å²) < 4.78 is 5.76. The Balaban J connectivity index is 1.86. The number of primary amides is 1. The van der Waals surface area contributed by atoms with E-state index < -0.39 is 5.91 Å². The fourth-order valence-corrected chi connectivity index (χ4v) is 4.52. The first-order chi connectivity index (χ1) is 10.9. The maximum absolute atomic E-state index is 11.6. The number of carbonyl (C=O) groups excluding carboxylic acids is 1. The van der Waals surface area contributed by atoms with Crippen molar-refractivity contribution in [2.75, 3.05) is 12.4 Å². The third-order valence-corrected chi connectivity index (χ3v) is 5.71. The Kier molecular flexibility index (Phi) is 4.52. The Hall–Kier alpha value is -1.33. The van der Waals surface area contributed by atoms with Crippen molar-refractivity contribution in [3.63, 3.8) is 0 Å². The molecule has 1 aromatic rings. The topological polar surface area (TPSA) is 77.2 Å². The van der Waals surface area contributed by atoms with Gasteiger partial charge in [-0.25, -0.2) is 4.98 Å². The number of aromatic nitrogens is 1. The number of anilines is 1. The van der Waals surface area contributed by atoms with E-state index in [1.165, 1.54) is 25.5 Å². The molecule has 0 unspecified atom stereocenters. The first-order valence-electron chi connectivity index (χ1n) is 8.19. The molecule has 0 spiro atoms. The van der Waals surface area contributed by atoms with Crippen molar-refractivity contribution >= 4 is 23.2 Å². The highest BCUT2D eigenvalue weighted by Gasteiger charge is 2.45. The molecule has 3 rings (SSSR count). The molecule has 6 heteroatoms. The molecular formula is C17H24ClN3O2. The van der Waals surface area contributed by atoms with E-state index in [1.807, 2.05) is 0 Å². The average molecular weight is 338 g/mol. The standard InChI is InChI=1S/C17H24ClN3O2/c1-17(23-2)7-10-4-3-5-11(8-17)15(10)21-13-6-14(18)20-9-12(13)16(19)22/h6,9-11,15H,3-5,7-8H2,1-2H3,(H2,19,22)(H,20,21)/t10-,11+,15-,17-. The summed E-state index contributed by atoms with van der Waals surface area (Å²) in [6, 6.07) is 2.02. The number of carbonyl (C=O) groups is 1. The van der Waals surface area contributed by atoms with Gasteiger partial charge in [-0.2, -0.15) is 0 Å². The zero-order chi connectivity index (χ0) is 16.6. The lowest BCUT2D eigenvalue weighted by atomic mass is 9.63. The zero-order valence-corrected chi connectivity index (χ0v) is 14.4. The molecule has 0 aromatic carbocycles. The number of amides is 1.